The molecule has 0 saturated carbocycles. The van der Waals surface area contributed by atoms with Crippen molar-refractivity contribution in [3.63, 3.8) is 0 Å². The first kappa shape index (κ1) is 18.3. The standard InChI is InChI=1S/C19H14F3N3O2S/c1-26-14-6-5-11(8-15(14)27-2)12-10-23-25-17(19(20,21)22)9-13(24-18(12)25)16-4-3-7-28-16/h3-10H,1-2H3. The number of aromatic nitrogens is 3. The molecule has 0 aliphatic carbocycles. The van der Waals surface area contributed by atoms with E-state index in [-0.39, 0.29) is 11.3 Å². The van der Waals surface area contributed by atoms with Gasteiger partial charge in [0.2, 0.25) is 0 Å². The Morgan fingerprint density at radius 2 is 1.82 bits per heavy atom. The van der Waals surface area contributed by atoms with Gasteiger partial charge in [0.15, 0.2) is 22.8 Å². The summed E-state index contributed by atoms with van der Waals surface area (Å²) in [6.07, 6.45) is -3.20. The Bertz CT molecular complexity index is 1140. The van der Waals surface area contributed by atoms with Crippen molar-refractivity contribution in [2.75, 3.05) is 14.2 Å². The molecule has 9 heteroatoms. The number of halogens is 3. The highest BCUT2D eigenvalue weighted by Gasteiger charge is 2.35. The SMILES string of the molecule is COc1ccc(-c2cnn3c(C(F)(F)F)cc(-c4cccs4)nc23)cc1OC. The van der Waals surface area contributed by atoms with E-state index in [1.165, 1.54) is 31.8 Å². The third-order valence-electron chi connectivity index (χ3n) is 4.23. The van der Waals surface area contributed by atoms with Crippen molar-refractivity contribution >= 4 is 17.0 Å². The van der Waals surface area contributed by atoms with Crippen molar-refractivity contribution in [1.29, 1.82) is 0 Å². The first-order chi connectivity index (χ1) is 13.4. The molecule has 0 aliphatic heterocycles. The Labute approximate surface area is 162 Å². The summed E-state index contributed by atoms with van der Waals surface area (Å²) in [4.78, 5) is 5.11. The maximum Gasteiger partial charge on any atom is 0.433 e. The molecule has 4 aromatic rings. The van der Waals surface area contributed by atoms with Crippen molar-refractivity contribution < 1.29 is 22.6 Å². The van der Waals surface area contributed by atoms with Crippen LogP contribution < -0.4 is 9.47 Å². The number of methoxy groups -OCH3 is 2. The molecular formula is C19H14F3N3O2S. The number of nitrogens with zero attached hydrogens (tertiary/aromatic N) is 3. The largest absolute Gasteiger partial charge is 0.493 e. The molecule has 4 rings (SSSR count). The number of ether oxygens (including phenoxy) is 2. The van der Waals surface area contributed by atoms with Crippen LogP contribution in [-0.4, -0.2) is 28.8 Å². The molecule has 0 amide bonds. The molecule has 28 heavy (non-hydrogen) atoms. The van der Waals surface area contributed by atoms with Gasteiger partial charge in [-0.15, -0.1) is 11.3 Å². The van der Waals surface area contributed by atoms with Gasteiger partial charge in [-0.3, -0.25) is 0 Å². The molecule has 0 saturated heterocycles. The van der Waals surface area contributed by atoms with E-state index in [1.54, 1.807) is 35.7 Å². The summed E-state index contributed by atoms with van der Waals surface area (Å²) in [6.45, 7) is 0. The fraction of sp³-hybridized carbons (Fsp3) is 0.158. The van der Waals surface area contributed by atoms with Crippen molar-refractivity contribution in [2.24, 2.45) is 0 Å². The van der Waals surface area contributed by atoms with Crippen LogP contribution in [-0.2, 0) is 6.18 Å². The molecule has 0 atom stereocenters. The van der Waals surface area contributed by atoms with Crippen LogP contribution in [0.3, 0.4) is 0 Å². The Morgan fingerprint density at radius 1 is 1.04 bits per heavy atom. The lowest BCUT2D eigenvalue weighted by Gasteiger charge is -2.12. The van der Waals surface area contributed by atoms with Crippen LogP contribution in [0.4, 0.5) is 13.2 Å². The lowest BCUT2D eigenvalue weighted by molar-refractivity contribution is -0.142. The van der Waals surface area contributed by atoms with Gasteiger partial charge in [-0.2, -0.15) is 18.3 Å². The van der Waals surface area contributed by atoms with E-state index < -0.39 is 11.9 Å². The van der Waals surface area contributed by atoms with Crippen LogP contribution in [0.5, 0.6) is 11.5 Å². The highest BCUT2D eigenvalue weighted by molar-refractivity contribution is 7.13. The summed E-state index contributed by atoms with van der Waals surface area (Å²) in [5.74, 6) is 0.982. The van der Waals surface area contributed by atoms with E-state index >= 15 is 0 Å². The van der Waals surface area contributed by atoms with Crippen LogP contribution in [0, 0.1) is 0 Å². The molecule has 0 aliphatic rings. The molecule has 3 heterocycles. The van der Waals surface area contributed by atoms with Crippen LogP contribution in [0.2, 0.25) is 0 Å². The first-order valence-corrected chi connectivity index (χ1v) is 9.02. The number of hydrogen-bond donors (Lipinski definition) is 0. The Balaban J connectivity index is 1.97. The van der Waals surface area contributed by atoms with Crippen molar-refractivity contribution in [2.45, 2.75) is 6.18 Å². The van der Waals surface area contributed by atoms with Gasteiger partial charge in [0, 0.05) is 5.56 Å². The van der Waals surface area contributed by atoms with E-state index in [4.69, 9.17) is 9.47 Å². The fourth-order valence-electron chi connectivity index (χ4n) is 2.92. The summed E-state index contributed by atoms with van der Waals surface area (Å²) in [5, 5.41) is 5.74. The summed E-state index contributed by atoms with van der Waals surface area (Å²) in [6, 6.07) is 9.62. The second kappa shape index (κ2) is 6.83. The molecule has 5 nitrogen and oxygen atoms in total. The van der Waals surface area contributed by atoms with E-state index in [9.17, 15) is 13.2 Å². The zero-order valence-electron chi connectivity index (χ0n) is 14.8. The highest BCUT2D eigenvalue weighted by Crippen LogP contribution is 2.37. The fourth-order valence-corrected chi connectivity index (χ4v) is 3.61. The minimum atomic E-state index is -4.58. The van der Waals surface area contributed by atoms with Gasteiger partial charge >= 0.3 is 6.18 Å². The number of benzene rings is 1. The maximum absolute atomic E-state index is 13.6. The van der Waals surface area contributed by atoms with Crippen molar-refractivity contribution in [3.8, 4) is 33.2 Å². The average molecular weight is 405 g/mol. The minimum absolute atomic E-state index is 0.116. The number of fused-ring (bicyclic) bond motifs is 1. The molecule has 0 radical (unpaired) electrons. The number of rotatable bonds is 4. The van der Waals surface area contributed by atoms with E-state index in [2.05, 4.69) is 10.1 Å². The molecule has 3 aromatic heterocycles. The van der Waals surface area contributed by atoms with Gasteiger partial charge in [-0.1, -0.05) is 12.1 Å². The van der Waals surface area contributed by atoms with Crippen molar-refractivity contribution in [3.05, 3.63) is 53.7 Å². The van der Waals surface area contributed by atoms with Gasteiger partial charge in [0.05, 0.1) is 31.0 Å². The van der Waals surface area contributed by atoms with Gasteiger partial charge in [0.1, 0.15) is 0 Å². The molecule has 0 spiro atoms. The average Bonchev–Trinajstić information content (AvgIpc) is 3.35. The van der Waals surface area contributed by atoms with E-state index in [1.807, 2.05) is 0 Å². The monoisotopic (exact) mass is 405 g/mol. The topological polar surface area (TPSA) is 48.7 Å². The third-order valence-corrected chi connectivity index (χ3v) is 5.12. The smallest absolute Gasteiger partial charge is 0.433 e. The highest BCUT2D eigenvalue weighted by atomic mass is 32.1. The third kappa shape index (κ3) is 3.07. The second-order valence-corrected chi connectivity index (χ2v) is 6.81. The van der Waals surface area contributed by atoms with E-state index in [0.29, 0.717) is 27.5 Å². The second-order valence-electron chi connectivity index (χ2n) is 5.87. The lowest BCUT2D eigenvalue weighted by Crippen LogP contribution is -2.13. The zero-order chi connectivity index (χ0) is 19.9. The minimum Gasteiger partial charge on any atom is -0.493 e. The summed E-state index contributed by atoms with van der Waals surface area (Å²) >= 11 is 1.32. The Hall–Kier alpha value is -3.07. The normalized spacial score (nSPS) is 11.8. The van der Waals surface area contributed by atoms with Crippen molar-refractivity contribution in [1.82, 2.24) is 14.6 Å². The van der Waals surface area contributed by atoms with Gasteiger partial charge in [-0.05, 0) is 35.2 Å². The number of thiophene rings is 1. The molecule has 0 N–H and O–H groups in total. The van der Waals surface area contributed by atoms with E-state index in [0.717, 1.165) is 10.6 Å². The molecule has 144 valence electrons. The van der Waals surface area contributed by atoms with Gasteiger partial charge in [0.25, 0.3) is 0 Å². The maximum atomic E-state index is 13.6. The molecular weight excluding hydrogens is 391 g/mol. The molecule has 0 bridgehead atoms. The molecule has 0 unspecified atom stereocenters. The van der Waals surface area contributed by atoms with Gasteiger partial charge < -0.3 is 9.47 Å². The Morgan fingerprint density at radius 3 is 2.46 bits per heavy atom. The predicted octanol–water partition coefficient (Wildman–Crippen LogP) is 5.16. The number of hydrogen-bond acceptors (Lipinski definition) is 5. The first-order valence-electron chi connectivity index (χ1n) is 8.14. The molecule has 0 fully saturated rings. The Kier molecular flexibility index (Phi) is 4.46. The van der Waals surface area contributed by atoms with Crippen LogP contribution in [0.15, 0.2) is 48.0 Å². The predicted molar refractivity (Wildman–Crippen MR) is 99.8 cm³/mol. The number of alkyl halides is 3. The lowest BCUT2D eigenvalue weighted by atomic mass is 10.1. The van der Waals surface area contributed by atoms with Crippen LogP contribution in [0.1, 0.15) is 5.69 Å². The zero-order valence-corrected chi connectivity index (χ0v) is 15.6. The summed E-state index contributed by atoms with van der Waals surface area (Å²) in [5.41, 5.74) is 0.566. The summed E-state index contributed by atoms with van der Waals surface area (Å²) in [7, 11) is 3.00. The molecule has 1 aromatic carbocycles. The van der Waals surface area contributed by atoms with Gasteiger partial charge in [-0.25, -0.2) is 9.50 Å². The van der Waals surface area contributed by atoms with Crippen LogP contribution >= 0.6 is 11.3 Å². The quantitative estimate of drug-likeness (QED) is 0.471. The summed E-state index contributed by atoms with van der Waals surface area (Å²) < 4.78 is 52.3. The van der Waals surface area contributed by atoms with Crippen LogP contribution in [0.25, 0.3) is 27.3 Å².